The smallest absolute Gasteiger partial charge is 0.0249 e. The lowest BCUT2D eigenvalue weighted by Gasteiger charge is -2.36. The lowest BCUT2D eigenvalue weighted by atomic mass is 10.0. The number of nitrogens with zero attached hydrogens (tertiary/aromatic N) is 1. The Kier molecular flexibility index (Phi) is 8.70. The van der Waals surface area contributed by atoms with Gasteiger partial charge < -0.3 is 5.32 Å². The Hall–Kier alpha value is -0.0800. The zero-order valence-corrected chi connectivity index (χ0v) is 12.9. The molecule has 108 valence electrons. The van der Waals surface area contributed by atoms with Crippen LogP contribution in [0.2, 0.25) is 0 Å². The van der Waals surface area contributed by atoms with Gasteiger partial charge in [0.1, 0.15) is 0 Å². The molecule has 0 aromatic carbocycles. The fraction of sp³-hybridized carbons (Fsp3) is 1.00. The minimum atomic E-state index is 0.740. The van der Waals surface area contributed by atoms with Crippen LogP contribution in [0.25, 0.3) is 0 Å². The number of rotatable bonds is 8. The van der Waals surface area contributed by atoms with Gasteiger partial charge in [-0.15, -0.1) is 0 Å². The van der Waals surface area contributed by atoms with Gasteiger partial charge in [0.25, 0.3) is 0 Å². The maximum absolute atomic E-state index is 3.81. The summed E-state index contributed by atoms with van der Waals surface area (Å²) in [6, 6.07) is 1.53. The first-order valence-electron chi connectivity index (χ1n) is 8.30. The third-order valence-electron chi connectivity index (χ3n) is 4.31. The van der Waals surface area contributed by atoms with E-state index in [0.29, 0.717) is 0 Å². The van der Waals surface area contributed by atoms with Gasteiger partial charge in [-0.2, -0.15) is 0 Å². The summed E-state index contributed by atoms with van der Waals surface area (Å²) in [4.78, 5) is 2.74. The monoisotopic (exact) mass is 254 g/mol. The highest BCUT2D eigenvalue weighted by Crippen LogP contribution is 2.23. The Labute approximate surface area is 115 Å². The molecule has 2 nitrogen and oxygen atoms in total. The van der Waals surface area contributed by atoms with Crippen molar-refractivity contribution in [3.63, 3.8) is 0 Å². The van der Waals surface area contributed by atoms with Crippen molar-refractivity contribution in [3.05, 3.63) is 0 Å². The number of hydrogen-bond donors (Lipinski definition) is 1. The molecule has 0 aromatic rings. The highest BCUT2D eigenvalue weighted by molar-refractivity contribution is 4.86. The molecule has 2 atom stereocenters. The van der Waals surface area contributed by atoms with Crippen molar-refractivity contribution >= 4 is 0 Å². The van der Waals surface area contributed by atoms with Gasteiger partial charge in [0, 0.05) is 12.1 Å². The quantitative estimate of drug-likeness (QED) is 0.663. The van der Waals surface area contributed by atoms with Crippen molar-refractivity contribution in [2.24, 2.45) is 0 Å². The van der Waals surface area contributed by atoms with Gasteiger partial charge in [-0.25, -0.2) is 0 Å². The average Bonchev–Trinajstić information content (AvgIpc) is 2.63. The number of likely N-dealkylation sites (N-methyl/N-ethyl adjacent to an activating group) is 1. The summed E-state index contributed by atoms with van der Waals surface area (Å²) in [7, 11) is 0. The molecule has 0 bridgehead atoms. The van der Waals surface area contributed by atoms with Gasteiger partial charge in [-0.1, -0.05) is 46.5 Å². The zero-order chi connectivity index (χ0) is 13.2. The summed E-state index contributed by atoms with van der Waals surface area (Å²) in [5.41, 5.74) is 0. The maximum atomic E-state index is 3.81. The van der Waals surface area contributed by atoms with E-state index in [0.717, 1.165) is 12.1 Å². The van der Waals surface area contributed by atoms with Crippen LogP contribution >= 0.6 is 0 Å². The summed E-state index contributed by atoms with van der Waals surface area (Å²) in [6.45, 7) is 10.6. The molecule has 2 unspecified atom stereocenters. The van der Waals surface area contributed by atoms with Gasteiger partial charge in [-0.3, -0.25) is 4.90 Å². The first kappa shape index (κ1) is 16.0. The van der Waals surface area contributed by atoms with Crippen LogP contribution < -0.4 is 5.32 Å². The van der Waals surface area contributed by atoms with E-state index in [4.69, 9.17) is 0 Å². The van der Waals surface area contributed by atoms with Crippen LogP contribution in [0, 0.1) is 0 Å². The highest BCUT2D eigenvalue weighted by atomic mass is 15.2. The highest BCUT2D eigenvalue weighted by Gasteiger charge is 2.27. The van der Waals surface area contributed by atoms with E-state index in [2.05, 4.69) is 31.0 Å². The fourth-order valence-electron chi connectivity index (χ4n) is 3.21. The predicted molar refractivity (Wildman–Crippen MR) is 81.1 cm³/mol. The molecule has 1 N–H and O–H groups in total. The largest absolute Gasteiger partial charge is 0.312 e. The Morgan fingerprint density at radius 1 is 1.00 bits per heavy atom. The molecule has 1 fully saturated rings. The molecule has 0 saturated heterocycles. The van der Waals surface area contributed by atoms with Crippen molar-refractivity contribution in [1.82, 2.24) is 10.2 Å². The molecule has 1 aliphatic carbocycles. The van der Waals surface area contributed by atoms with E-state index in [1.54, 1.807) is 0 Å². The second-order valence-corrected chi connectivity index (χ2v) is 5.75. The Morgan fingerprint density at radius 2 is 1.78 bits per heavy atom. The summed E-state index contributed by atoms with van der Waals surface area (Å²) in [6.07, 6.45) is 11.0. The van der Waals surface area contributed by atoms with Crippen molar-refractivity contribution in [2.75, 3.05) is 19.6 Å². The molecule has 0 amide bonds. The molecule has 0 aromatic heterocycles. The summed E-state index contributed by atoms with van der Waals surface area (Å²) >= 11 is 0. The Morgan fingerprint density at radius 3 is 2.44 bits per heavy atom. The SMILES string of the molecule is CCCCN(CC)C1CCCCCC1NCCC. The van der Waals surface area contributed by atoms with E-state index in [-0.39, 0.29) is 0 Å². The predicted octanol–water partition coefficient (Wildman–Crippen LogP) is 3.81. The van der Waals surface area contributed by atoms with Crippen molar-refractivity contribution in [3.8, 4) is 0 Å². The molecular weight excluding hydrogens is 220 g/mol. The van der Waals surface area contributed by atoms with Crippen LogP contribution in [0.1, 0.15) is 72.1 Å². The molecule has 2 heteroatoms. The molecule has 1 aliphatic rings. The Bertz CT molecular complexity index is 194. The lowest BCUT2D eigenvalue weighted by Crippen LogP contribution is -2.50. The fourth-order valence-corrected chi connectivity index (χ4v) is 3.21. The molecular formula is C16H34N2. The van der Waals surface area contributed by atoms with Gasteiger partial charge in [-0.05, 0) is 45.3 Å². The van der Waals surface area contributed by atoms with Crippen LogP contribution in [0.3, 0.4) is 0 Å². The van der Waals surface area contributed by atoms with Crippen LogP contribution in [0.15, 0.2) is 0 Å². The zero-order valence-electron chi connectivity index (χ0n) is 12.9. The minimum absolute atomic E-state index is 0.740. The molecule has 1 saturated carbocycles. The van der Waals surface area contributed by atoms with Gasteiger partial charge >= 0.3 is 0 Å². The van der Waals surface area contributed by atoms with E-state index >= 15 is 0 Å². The van der Waals surface area contributed by atoms with E-state index in [1.807, 2.05) is 0 Å². The summed E-state index contributed by atoms with van der Waals surface area (Å²) in [5, 5.41) is 3.81. The number of hydrogen-bond acceptors (Lipinski definition) is 2. The van der Waals surface area contributed by atoms with Crippen LogP contribution in [-0.2, 0) is 0 Å². The molecule has 0 radical (unpaired) electrons. The van der Waals surface area contributed by atoms with Crippen molar-refractivity contribution in [2.45, 2.75) is 84.2 Å². The van der Waals surface area contributed by atoms with Crippen LogP contribution in [0.4, 0.5) is 0 Å². The third-order valence-corrected chi connectivity index (χ3v) is 4.31. The molecule has 0 spiro atoms. The lowest BCUT2D eigenvalue weighted by molar-refractivity contribution is 0.153. The standard InChI is InChI=1S/C16H34N2/c1-4-7-14-18(6-3)16-12-10-8-9-11-15(16)17-13-5-2/h15-17H,4-14H2,1-3H3. The van der Waals surface area contributed by atoms with Crippen molar-refractivity contribution in [1.29, 1.82) is 0 Å². The van der Waals surface area contributed by atoms with Gasteiger partial charge in [0.15, 0.2) is 0 Å². The molecule has 0 aliphatic heterocycles. The maximum Gasteiger partial charge on any atom is 0.0249 e. The van der Waals surface area contributed by atoms with Crippen molar-refractivity contribution < 1.29 is 0 Å². The topological polar surface area (TPSA) is 15.3 Å². The summed E-state index contributed by atoms with van der Waals surface area (Å²) < 4.78 is 0. The third kappa shape index (κ3) is 5.27. The van der Waals surface area contributed by atoms with Crippen LogP contribution in [-0.4, -0.2) is 36.6 Å². The van der Waals surface area contributed by atoms with E-state index in [9.17, 15) is 0 Å². The van der Waals surface area contributed by atoms with E-state index in [1.165, 1.54) is 71.0 Å². The Balaban J connectivity index is 2.57. The second kappa shape index (κ2) is 9.80. The average molecular weight is 254 g/mol. The normalized spacial score (nSPS) is 25.3. The van der Waals surface area contributed by atoms with E-state index < -0.39 is 0 Å². The molecule has 1 rings (SSSR count). The van der Waals surface area contributed by atoms with Gasteiger partial charge in [0.05, 0.1) is 0 Å². The minimum Gasteiger partial charge on any atom is -0.312 e. The number of unbranched alkanes of at least 4 members (excludes halogenated alkanes) is 1. The summed E-state index contributed by atoms with van der Waals surface area (Å²) in [5.74, 6) is 0. The first-order valence-corrected chi connectivity index (χ1v) is 8.30. The van der Waals surface area contributed by atoms with Crippen LogP contribution in [0.5, 0.6) is 0 Å². The van der Waals surface area contributed by atoms with Gasteiger partial charge in [0.2, 0.25) is 0 Å². The molecule has 0 heterocycles. The first-order chi connectivity index (χ1) is 8.83. The second-order valence-electron chi connectivity index (χ2n) is 5.75. The number of nitrogens with one attached hydrogen (secondary N) is 1. The molecule has 18 heavy (non-hydrogen) atoms.